The van der Waals surface area contributed by atoms with Crippen LogP contribution in [0.2, 0.25) is 0 Å². The maximum atomic E-state index is 11.5. The summed E-state index contributed by atoms with van der Waals surface area (Å²) in [6.07, 6.45) is 5.32. The van der Waals surface area contributed by atoms with Crippen molar-refractivity contribution in [2.24, 2.45) is 0 Å². The number of rotatable bonds is 4. The Labute approximate surface area is 118 Å². The highest BCUT2D eigenvalue weighted by Gasteiger charge is 2.28. The van der Waals surface area contributed by atoms with E-state index in [1.807, 2.05) is 12.1 Å². The summed E-state index contributed by atoms with van der Waals surface area (Å²) in [5.74, 6) is 0.767. The Bertz CT molecular complexity index is 523. The smallest absolute Gasteiger partial charge is 0.229 e. The first-order valence-corrected chi connectivity index (χ1v) is 7.32. The summed E-state index contributed by atoms with van der Waals surface area (Å²) in [7, 11) is 0. The maximum Gasteiger partial charge on any atom is 0.229 e. The predicted molar refractivity (Wildman–Crippen MR) is 74.5 cm³/mol. The second-order valence-corrected chi connectivity index (χ2v) is 5.39. The van der Waals surface area contributed by atoms with Gasteiger partial charge in [-0.1, -0.05) is 12.1 Å². The molecule has 1 heterocycles. The molecule has 1 aliphatic carbocycles. The lowest BCUT2D eigenvalue weighted by molar-refractivity contribution is -0.138. The highest BCUT2D eigenvalue weighted by atomic mass is 16.5. The van der Waals surface area contributed by atoms with E-state index in [2.05, 4.69) is 6.07 Å². The van der Waals surface area contributed by atoms with E-state index in [0.29, 0.717) is 26.0 Å². The molecular weight excluding hydrogens is 254 g/mol. The Kier molecular flexibility index (Phi) is 3.72. The number of carbonyl (C=O) groups is 2. The summed E-state index contributed by atoms with van der Waals surface area (Å²) in [6.45, 7) is 0.745. The lowest BCUT2D eigenvalue weighted by Crippen LogP contribution is -2.33. The fourth-order valence-corrected chi connectivity index (χ4v) is 3.00. The number of ether oxygens (including phenoxy) is 1. The molecule has 1 fully saturated rings. The van der Waals surface area contributed by atoms with E-state index >= 15 is 0 Å². The molecule has 0 spiro atoms. The fourth-order valence-electron chi connectivity index (χ4n) is 3.00. The van der Waals surface area contributed by atoms with Gasteiger partial charge >= 0.3 is 0 Å². The first kappa shape index (κ1) is 13.2. The Hall–Kier alpha value is -1.84. The number of hydrogen-bond acceptors (Lipinski definition) is 3. The molecule has 1 aliphatic heterocycles. The van der Waals surface area contributed by atoms with Crippen LogP contribution >= 0.6 is 0 Å². The summed E-state index contributed by atoms with van der Waals surface area (Å²) in [6, 6.07) is 6.16. The zero-order chi connectivity index (χ0) is 13.9. The van der Waals surface area contributed by atoms with Crippen molar-refractivity contribution in [2.75, 3.05) is 13.2 Å². The Morgan fingerprint density at radius 3 is 2.55 bits per heavy atom. The van der Waals surface area contributed by atoms with Crippen molar-refractivity contribution in [1.29, 1.82) is 0 Å². The van der Waals surface area contributed by atoms with Crippen LogP contribution in [0.25, 0.3) is 0 Å². The molecule has 3 rings (SSSR count). The molecule has 1 saturated heterocycles. The van der Waals surface area contributed by atoms with Crippen LogP contribution < -0.4 is 4.74 Å². The van der Waals surface area contributed by atoms with Gasteiger partial charge in [0.2, 0.25) is 11.8 Å². The molecule has 0 bridgehead atoms. The molecule has 4 nitrogen and oxygen atoms in total. The molecule has 0 unspecified atom stereocenters. The van der Waals surface area contributed by atoms with E-state index in [0.717, 1.165) is 18.6 Å². The van der Waals surface area contributed by atoms with Gasteiger partial charge < -0.3 is 4.74 Å². The van der Waals surface area contributed by atoms with Crippen LogP contribution in [0.1, 0.15) is 36.8 Å². The molecule has 0 aromatic heterocycles. The van der Waals surface area contributed by atoms with Gasteiger partial charge in [0.1, 0.15) is 12.4 Å². The molecule has 106 valence electrons. The largest absolute Gasteiger partial charge is 0.491 e. The van der Waals surface area contributed by atoms with Gasteiger partial charge in [0.05, 0.1) is 6.54 Å². The second-order valence-electron chi connectivity index (χ2n) is 5.39. The van der Waals surface area contributed by atoms with Crippen LogP contribution in [0.3, 0.4) is 0 Å². The number of hydrogen-bond donors (Lipinski definition) is 0. The second kappa shape index (κ2) is 5.65. The monoisotopic (exact) mass is 273 g/mol. The Morgan fingerprint density at radius 1 is 1.00 bits per heavy atom. The number of likely N-dealkylation sites (tertiary alicyclic amines) is 1. The van der Waals surface area contributed by atoms with Gasteiger partial charge in [-0.25, -0.2) is 0 Å². The number of nitrogens with zero attached hydrogens (tertiary/aromatic N) is 1. The lowest BCUT2D eigenvalue weighted by atomic mass is 9.91. The zero-order valence-corrected chi connectivity index (χ0v) is 11.6. The lowest BCUT2D eigenvalue weighted by Gasteiger charge is -2.20. The van der Waals surface area contributed by atoms with Crippen molar-refractivity contribution in [3.63, 3.8) is 0 Å². The molecule has 0 saturated carbocycles. The third-order valence-corrected chi connectivity index (χ3v) is 4.08. The first-order valence-electron chi connectivity index (χ1n) is 7.32. The highest BCUT2D eigenvalue weighted by molar-refractivity contribution is 6.01. The van der Waals surface area contributed by atoms with Gasteiger partial charge in [0.15, 0.2) is 0 Å². The Balaban J connectivity index is 1.61. The van der Waals surface area contributed by atoms with Gasteiger partial charge in [-0.3, -0.25) is 14.5 Å². The van der Waals surface area contributed by atoms with Crippen LogP contribution in [-0.4, -0.2) is 29.9 Å². The maximum absolute atomic E-state index is 11.5. The van der Waals surface area contributed by atoms with Crippen LogP contribution in [0.4, 0.5) is 0 Å². The molecule has 2 aliphatic rings. The first-order chi connectivity index (χ1) is 9.75. The molecule has 0 radical (unpaired) electrons. The minimum absolute atomic E-state index is 0.0753. The van der Waals surface area contributed by atoms with Gasteiger partial charge in [-0.2, -0.15) is 0 Å². The molecular formula is C16H19NO3. The van der Waals surface area contributed by atoms with E-state index in [9.17, 15) is 9.59 Å². The van der Waals surface area contributed by atoms with Crippen LogP contribution in [0.5, 0.6) is 5.75 Å². The molecule has 1 aromatic rings. The van der Waals surface area contributed by atoms with Crippen LogP contribution in [-0.2, 0) is 22.4 Å². The predicted octanol–water partition coefficient (Wildman–Crippen LogP) is 2.09. The zero-order valence-electron chi connectivity index (χ0n) is 11.6. The average molecular weight is 273 g/mol. The van der Waals surface area contributed by atoms with Crippen molar-refractivity contribution in [3.05, 3.63) is 29.3 Å². The van der Waals surface area contributed by atoms with Crippen molar-refractivity contribution >= 4 is 11.8 Å². The number of fused-ring (bicyclic) bond motifs is 1. The van der Waals surface area contributed by atoms with Crippen molar-refractivity contribution < 1.29 is 14.3 Å². The molecule has 1 aromatic carbocycles. The molecule has 2 amide bonds. The average Bonchev–Trinajstić information content (AvgIpc) is 2.79. The quantitative estimate of drug-likeness (QED) is 0.789. The summed E-state index contributed by atoms with van der Waals surface area (Å²) < 4.78 is 5.82. The fraction of sp³-hybridized carbons (Fsp3) is 0.500. The van der Waals surface area contributed by atoms with Gasteiger partial charge in [0.25, 0.3) is 0 Å². The van der Waals surface area contributed by atoms with Crippen LogP contribution in [0.15, 0.2) is 18.2 Å². The molecule has 0 atom stereocenters. The van der Waals surface area contributed by atoms with Crippen molar-refractivity contribution in [3.8, 4) is 5.75 Å². The van der Waals surface area contributed by atoms with E-state index < -0.39 is 0 Å². The standard InChI is InChI=1S/C16H19NO3/c18-15-8-9-16(19)17(15)10-11-20-14-7-3-5-12-4-1-2-6-13(12)14/h3,5,7H,1-2,4,6,8-11H2. The third-order valence-electron chi connectivity index (χ3n) is 4.08. The van der Waals surface area contributed by atoms with Gasteiger partial charge in [0, 0.05) is 12.8 Å². The topological polar surface area (TPSA) is 46.6 Å². The number of carbonyl (C=O) groups excluding carboxylic acids is 2. The number of aryl methyl sites for hydroxylation is 1. The van der Waals surface area contributed by atoms with E-state index in [1.165, 1.54) is 28.9 Å². The number of benzene rings is 1. The molecule has 4 heteroatoms. The van der Waals surface area contributed by atoms with E-state index in [-0.39, 0.29) is 11.8 Å². The van der Waals surface area contributed by atoms with Gasteiger partial charge in [-0.05, 0) is 42.9 Å². The third kappa shape index (κ3) is 2.55. The highest BCUT2D eigenvalue weighted by Crippen LogP contribution is 2.29. The number of amides is 2. The molecule has 20 heavy (non-hydrogen) atoms. The number of imide groups is 1. The SMILES string of the molecule is O=C1CCC(=O)N1CCOc1cccc2c1CCCC2. The van der Waals surface area contributed by atoms with E-state index in [1.54, 1.807) is 0 Å². The van der Waals surface area contributed by atoms with Crippen LogP contribution in [0, 0.1) is 0 Å². The van der Waals surface area contributed by atoms with Crippen molar-refractivity contribution in [2.45, 2.75) is 38.5 Å². The summed E-state index contributed by atoms with van der Waals surface area (Å²) in [5.41, 5.74) is 2.68. The Morgan fingerprint density at radius 2 is 1.75 bits per heavy atom. The van der Waals surface area contributed by atoms with E-state index in [4.69, 9.17) is 4.74 Å². The summed E-state index contributed by atoms with van der Waals surface area (Å²) in [5, 5.41) is 0. The normalized spacial score (nSPS) is 18.3. The minimum atomic E-state index is -0.0753. The van der Waals surface area contributed by atoms with Gasteiger partial charge in [-0.15, -0.1) is 0 Å². The molecule has 0 N–H and O–H groups in total. The summed E-state index contributed by atoms with van der Waals surface area (Å²) >= 11 is 0. The van der Waals surface area contributed by atoms with Crippen molar-refractivity contribution in [1.82, 2.24) is 4.90 Å². The summed E-state index contributed by atoms with van der Waals surface area (Å²) in [4.78, 5) is 24.3. The minimum Gasteiger partial charge on any atom is -0.491 e.